The summed E-state index contributed by atoms with van der Waals surface area (Å²) < 4.78 is 54.8. The fourth-order valence-corrected chi connectivity index (χ4v) is 5.23. The normalized spacial score (nSPS) is 11.9. The van der Waals surface area contributed by atoms with Crippen molar-refractivity contribution in [1.29, 1.82) is 0 Å². The van der Waals surface area contributed by atoms with Gasteiger partial charge in [-0.1, -0.05) is 29.8 Å². The van der Waals surface area contributed by atoms with Gasteiger partial charge in [0.2, 0.25) is 15.9 Å². The Kier molecular flexibility index (Phi) is 6.40. The predicted octanol–water partition coefficient (Wildman–Crippen LogP) is 5.57. The predicted molar refractivity (Wildman–Crippen MR) is 144 cm³/mol. The molecule has 7 nitrogen and oxygen atoms in total. The zero-order chi connectivity index (χ0) is 27.4. The third kappa shape index (κ3) is 4.61. The minimum atomic E-state index is -3.77. The topological polar surface area (TPSA) is 95.7 Å². The van der Waals surface area contributed by atoms with E-state index in [1.165, 1.54) is 54.3 Å². The van der Waals surface area contributed by atoms with E-state index < -0.39 is 15.8 Å². The van der Waals surface area contributed by atoms with Crippen molar-refractivity contribution in [3.63, 3.8) is 0 Å². The Morgan fingerprint density at radius 1 is 1.00 bits per heavy atom. The van der Waals surface area contributed by atoms with E-state index in [1.807, 2.05) is 0 Å². The van der Waals surface area contributed by atoms with Crippen LogP contribution in [0.5, 0.6) is 11.6 Å². The number of halogens is 3. The van der Waals surface area contributed by atoms with Crippen LogP contribution in [0.1, 0.15) is 16.7 Å². The number of phenols is 1. The SMILES string of the molecule is CN(c1c2cc(Cc3ccc(F)cc3)cnc2c(O)c2c(O)n(Cc3ccc(F)c(Cl)c3)cc12)S(C)(=O)=O. The number of anilines is 1. The van der Waals surface area contributed by atoms with Gasteiger partial charge in [-0.2, -0.15) is 0 Å². The molecule has 0 saturated heterocycles. The molecule has 2 aromatic heterocycles. The molecule has 38 heavy (non-hydrogen) atoms. The van der Waals surface area contributed by atoms with Crippen LogP contribution in [0.15, 0.2) is 60.9 Å². The number of benzene rings is 3. The fraction of sp³-hybridized carbons (Fsp3) is 0.148. The number of pyridine rings is 1. The Morgan fingerprint density at radius 3 is 2.34 bits per heavy atom. The number of sulfonamides is 1. The van der Waals surface area contributed by atoms with Gasteiger partial charge in [0.05, 0.1) is 28.9 Å². The average molecular weight is 558 g/mol. The molecule has 5 aromatic rings. The summed E-state index contributed by atoms with van der Waals surface area (Å²) in [7, 11) is -2.39. The quantitative estimate of drug-likeness (QED) is 0.285. The maximum Gasteiger partial charge on any atom is 0.232 e. The van der Waals surface area contributed by atoms with Gasteiger partial charge in [-0.05, 0) is 53.4 Å². The van der Waals surface area contributed by atoms with Gasteiger partial charge in [-0.3, -0.25) is 9.29 Å². The number of nitrogens with zero attached hydrogens (tertiary/aromatic N) is 3. The molecule has 196 valence electrons. The van der Waals surface area contributed by atoms with Crippen LogP contribution < -0.4 is 4.31 Å². The molecule has 0 aliphatic carbocycles. The van der Waals surface area contributed by atoms with Crippen molar-refractivity contribution >= 4 is 49.0 Å². The maximum absolute atomic E-state index is 13.6. The van der Waals surface area contributed by atoms with Gasteiger partial charge in [0, 0.05) is 30.2 Å². The largest absolute Gasteiger partial charge is 0.505 e. The van der Waals surface area contributed by atoms with Crippen molar-refractivity contribution < 1.29 is 27.4 Å². The number of aromatic hydroxyl groups is 2. The summed E-state index contributed by atoms with van der Waals surface area (Å²) in [6.07, 6.45) is 4.49. The second kappa shape index (κ2) is 9.45. The zero-order valence-corrected chi connectivity index (χ0v) is 21.9. The Bertz CT molecular complexity index is 1820. The molecule has 3 aromatic carbocycles. The highest BCUT2D eigenvalue weighted by molar-refractivity contribution is 7.92. The van der Waals surface area contributed by atoms with Crippen LogP contribution in [0.3, 0.4) is 0 Å². The molecular weight excluding hydrogens is 536 g/mol. The van der Waals surface area contributed by atoms with Crippen molar-refractivity contribution in [2.24, 2.45) is 0 Å². The lowest BCUT2D eigenvalue weighted by Gasteiger charge is -2.21. The van der Waals surface area contributed by atoms with Crippen molar-refractivity contribution in [2.75, 3.05) is 17.6 Å². The van der Waals surface area contributed by atoms with E-state index in [0.29, 0.717) is 22.9 Å². The van der Waals surface area contributed by atoms with E-state index in [4.69, 9.17) is 11.6 Å². The minimum absolute atomic E-state index is 0.0231. The number of aromatic nitrogens is 2. The summed E-state index contributed by atoms with van der Waals surface area (Å²) in [4.78, 5) is 4.40. The van der Waals surface area contributed by atoms with E-state index in [9.17, 15) is 27.4 Å². The van der Waals surface area contributed by atoms with Crippen molar-refractivity contribution in [3.05, 3.63) is 94.3 Å². The van der Waals surface area contributed by atoms with Gasteiger partial charge < -0.3 is 14.8 Å². The van der Waals surface area contributed by atoms with Crippen molar-refractivity contribution in [2.45, 2.75) is 13.0 Å². The van der Waals surface area contributed by atoms with Crippen molar-refractivity contribution in [1.82, 2.24) is 9.55 Å². The summed E-state index contributed by atoms with van der Waals surface area (Å²) >= 11 is 5.91. The summed E-state index contributed by atoms with van der Waals surface area (Å²) in [6, 6.07) is 11.8. The molecule has 2 N–H and O–H groups in total. The van der Waals surface area contributed by atoms with Crippen LogP contribution in [-0.4, -0.2) is 41.5 Å². The second-order valence-electron chi connectivity index (χ2n) is 9.09. The van der Waals surface area contributed by atoms with Crippen LogP contribution >= 0.6 is 11.6 Å². The van der Waals surface area contributed by atoms with Crippen LogP contribution in [0.25, 0.3) is 21.7 Å². The summed E-state index contributed by atoms with van der Waals surface area (Å²) in [5.41, 5.74) is 2.42. The Hall–Kier alpha value is -3.89. The average Bonchev–Trinajstić information content (AvgIpc) is 3.18. The molecule has 0 amide bonds. The molecule has 0 aliphatic rings. The first-order chi connectivity index (χ1) is 17.9. The van der Waals surface area contributed by atoms with Gasteiger partial charge in [0.15, 0.2) is 5.75 Å². The van der Waals surface area contributed by atoms with Crippen LogP contribution in [0.2, 0.25) is 5.02 Å². The van der Waals surface area contributed by atoms with Crippen LogP contribution in [0, 0.1) is 11.6 Å². The van der Waals surface area contributed by atoms with Crippen LogP contribution in [0.4, 0.5) is 14.5 Å². The molecule has 11 heteroatoms. The second-order valence-corrected chi connectivity index (χ2v) is 11.5. The number of hydrogen-bond acceptors (Lipinski definition) is 5. The number of fused-ring (bicyclic) bond motifs is 2. The molecule has 0 radical (unpaired) electrons. The molecule has 0 aliphatic heterocycles. The standard InChI is InChI=1S/C27H22ClF2N3O4S/c1-32(38(2,36)37)25-19-10-17(9-15-3-6-18(29)7-4-15)12-31-24(19)26(34)23-20(25)14-33(27(23)35)13-16-5-8-22(30)21(28)11-16/h3-8,10-12,14,34-35H,9,13H2,1-2H3. The first kappa shape index (κ1) is 25.7. The van der Waals surface area contributed by atoms with Gasteiger partial charge >= 0.3 is 0 Å². The highest BCUT2D eigenvalue weighted by atomic mass is 35.5. The van der Waals surface area contributed by atoms with Gasteiger partial charge in [-0.25, -0.2) is 17.2 Å². The smallest absolute Gasteiger partial charge is 0.232 e. The van der Waals surface area contributed by atoms with Crippen LogP contribution in [-0.2, 0) is 23.0 Å². The number of rotatable bonds is 6. The highest BCUT2D eigenvalue weighted by Crippen LogP contribution is 2.46. The lowest BCUT2D eigenvalue weighted by atomic mass is 10.0. The first-order valence-electron chi connectivity index (χ1n) is 11.4. The lowest BCUT2D eigenvalue weighted by molar-refractivity contribution is 0.425. The van der Waals surface area contributed by atoms with Crippen molar-refractivity contribution in [3.8, 4) is 11.6 Å². The van der Waals surface area contributed by atoms with Gasteiger partial charge in [0.25, 0.3) is 0 Å². The molecule has 2 heterocycles. The van der Waals surface area contributed by atoms with Gasteiger partial charge in [0.1, 0.15) is 17.2 Å². The number of phenolic OH excluding ortho intramolecular Hbond substituents is 1. The first-order valence-corrected chi connectivity index (χ1v) is 13.6. The monoisotopic (exact) mass is 557 g/mol. The lowest BCUT2D eigenvalue weighted by Crippen LogP contribution is -2.25. The van der Waals surface area contributed by atoms with E-state index in [-0.39, 0.29) is 51.0 Å². The van der Waals surface area contributed by atoms with E-state index in [1.54, 1.807) is 18.2 Å². The highest BCUT2D eigenvalue weighted by Gasteiger charge is 2.26. The fourth-order valence-electron chi connectivity index (χ4n) is 4.49. The van der Waals surface area contributed by atoms with E-state index in [0.717, 1.165) is 16.1 Å². The molecule has 0 bridgehead atoms. The minimum Gasteiger partial charge on any atom is -0.505 e. The molecule has 0 fully saturated rings. The maximum atomic E-state index is 13.6. The summed E-state index contributed by atoms with van der Waals surface area (Å²) in [5, 5.41) is 22.8. The summed E-state index contributed by atoms with van der Waals surface area (Å²) in [6.45, 7) is 0.0710. The van der Waals surface area contributed by atoms with E-state index >= 15 is 0 Å². The molecule has 0 spiro atoms. The molecule has 0 unspecified atom stereocenters. The molecular formula is C27H22ClF2N3O4S. The molecule has 5 rings (SSSR count). The number of hydrogen-bond donors (Lipinski definition) is 2. The Morgan fingerprint density at radius 2 is 1.68 bits per heavy atom. The molecule has 0 atom stereocenters. The summed E-state index contributed by atoms with van der Waals surface area (Å²) in [5.74, 6) is -1.58. The Labute approximate surface area is 222 Å². The Balaban J connectivity index is 1.73. The van der Waals surface area contributed by atoms with E-state index in [2.05, 4.69) is 4.98 Å². The third-order valence-corrected chi connectivity index (χ3v) is 7.90. The molecule has 0 saturated carbocycles. The third-order valence-electron chi connectivity index (χ3n) is 6.44. The van der Waals surface area contributed by atoms with Gasteiger partial charge in [-0.15, -0.1) is 0 Å². The zero-order valence-electron chi connectivity index (χ0n) is 20.3.